The van der Waals surface area contributed by atoms with Crippen LogP contribution in [0, 0.1) is 13.8 Å². The molecule has 1 aromatic heterocycles. The van der Waals surface area contributed by atoms with E-state index in [0.717, 1.165) is 5.56 Å². The molecule has 29 heavy (non-hydrogen) atoms. The average molecular weight is 404 g/mol. The molecule has 3 aromatic carbocycles. The Morgan fingerprint density at radius 1 is 1.00 bits per heavy atom. The van der Waals surface area contributed by atoms with Gasteiger partial charge in [-0.3, -0.25) is 14.2 Å². The van der Waals surface area contributed by atoms with Gasteiger partial charge >= 0.3 is 0 Å². The van der Waals surface area contributed by atoms with E-state index in [2.05, 4.69) is 10.3 Å². The zero-order valence-electron chi connectivity index (χ0n) is 15.9. The maximum absolute atomic E-state index is 13.0. The minimum atomic E-state index is -0.285. The molecule has 144 valence electrons. The fourth-order valence-electron chi connectivity index (χ4n) is 3.31. The van der Waals surface area contributed by atoms with Crippen LogP contribution in [0.3, 0.4) is 0 Å². The largest absolute Gasteiger partial charge is 0.322 e. The topological polar surface area (TPSA) is 64.0 Å². The van der Waals surface area contributed by atoms with Gasteiger partial charge < -0.3 is 5.32 Å². The summed E-state index contributed by atoms with van der Waals surface area (Å²) in [6, 6.07) is 19.6. The number of anilines is 1. The summed E-state index contributed by atoms with van der Waals surface area (Å²) < 4.78 is 1.58. The highest BCUT2D eigenvalue weighted by molar-refractivity contribution is 6.34. The third-order valence-corrected chi connectivity index (χ3v) is 5.11. The van der Waals surface area contributed by atoms with Gasteiger partial charge in [0.1, 0.15) is 5.82 Å². The first-order chi connectivity index (χ1) is 14.0. The number of fused-ring (bicyclic) bond motifs is 1. The second kappa shape index (κ2) is 7.53. The van der Waals surface area contributed by atoms with Gasteiger partial charge in [0.25, 0.3) is 11.5 Å². The van der Waals surface area contributed by atoms with E-state index in [4.69, 9.17) is 11.6 Å². The first-order valence-corrected chi connectivity index (χ1v) is 9.49. The molecule has 0 saturated carbocycles. The van der Waals surface area contributed by atoms with Gasteiger partial charge in [0.2, 0.25) is 0 Å². The summed E-state index contributed by atoms with van der Waals surface area (Å²) in [6.45, 7) is 3.68. The lowest BCUT2D eigenvalue weighted by Gasteiger charge is -2.14. The molecule has 0 aliphatic heterocycles. The van der Waals surface area contributed by atoms with Gasteiger partial charge in [-0.05, 0) is 61.9 Å². The lowest BCUT2D eigenvalue weighted by Crippen LogP contribution is -2.22. The standard InChI is InChI=1S/C23H18ClN3O2/c1-14-13-16(27-15(2)25-21-10-6-4-8-18(21)23(27)29)11-12-20(14)26-22(28)17-7-3-5-9-19(17)24/h3-13H,1-2H3,(H,26,28). The second-order valence-electron chi connectivity index (χ2n) is 6.75. The van der Waals surface area contributed by atoms with E-state index in [9.17, 15) is 9.59 Å². The van der Waals surface area contributed by atoms with Gasteiger partial charge in [0, 0.05) is 5.69 Å². The van der Waals surface area contributed by atoms with Crippen molar-refractivity contribution < 1.29 is 4.79 Å². The number of halogens is 1. The number of carbonyl (C=O) groups excluding carboxylic acids is 1. The molecule has 6 heteroatoms. The van der Waals surface area contributed by atoms with Crippen LogP contribution in [0.15, 0.2) is 71.5 Å². The number of nitrogens with zero attached hydrogens (tertiary/aromatic N) is 2. The fraction of sp³-hybridized carbons (Fsp3) is 0.0870. The molecule has 0 radical (unpaired) electrons. The number of nitrogens with one attached hydrogen (secondary N) is 1. The van der Waals surface area contributed by atoms with E-state index in [1.165, 1.54) is 0 Å². The lowest BCUT2D eigenvalue weighted by atomic mass is 10.1. The number of para-hydroxylation sites is 1. The van der Waals surface area contributed by atoms with Gasteiger partial charge in [-0.15, -0.1) is 0 Å². The minimum Gasteiger partial charge on any atom is -0.322 e. The molecule has 0 saturated heterocycles. The third kappa shape index (κ3) is 3.52. The molecule has 0 aliphatic carbocycles. The van der Waals surface area contributed by atoms with Crippen molar-refractivity contribution in [1.82, 2.24) is 9.55 Å². The van der Waals surface area contributed by atoms with Gasteiger partial charge in [-0.1, -0.05) is 35.9 Å². The molecular formula is C23H18ClN3O2. The van der Waals surface area contributed by atoms with E-state index in [1.807, 2.05) is 31.2 Å². The van der Waals surface area contributed by atoms with Crippen molar-refractivity contribution in [2.45, 2.75) is 13.8 Å². The van der Waals surface area contributed by atoms with Crippen molar-refractivity contribution >= 4 is 34.1 Å². The molecule has 0 atom stereocenters. The molecule has 4 rings (SSSR count). The first-order valence-electron chi connectivity index (χ1n) is 9.11. The Bertz CT molecular complexity index is 1310. The van der Waals surface area contributed by atoms with Crippen LogP contribution in [-0.4, -0.2) is 15.5 Å². The van der Waals surface area contributed by atoms with Crippen LogP contribution in [0.5, 0.6) is 0 Å². The lowest BCUT2D eigenvalue weighted by molar-refractivity contribution is 0.102. The number of rotatable bonds is 3. The molecule has 0 unspecified atom stereocenters. The molecule has 1 heterocycles. The molecule has 0 bridgehead atoms. The van der Waals surface area contributed by atoms with Gasteiger partial charge in [0.15, 0.2) is 0 Å². The number of aryl methyl sites for hydroxylation is 2. The SMILES string of the molecule is Cc1cc(-n2c(C)nc3ccccc3c2=O)ccc1NC(=O)c1ccccc1Cl. The van der Waals surface area contributed by atoms with Gasteiger partial charge in [-0.2, -0.15) is 0 Å². The van der Waals surface area contributed by atoms with Crippen LogP contribution in [0.2, 0.25) is 5.02 Å². The Hall–Kier alpha value is -3.44. The van der Waals surface area contributed by atoms with Gasteiger partial charge in [0.05, 0.1) is 27.2 Å². The van der Waals surface area contributed by atoms with Crippen LogP contribution in [0.4, 0.5) is 5.69 Å². The molecular weight excluding hydrogens is 386 g/mol. The average Bonchev–Trinajstić information content (AvgIpc) is 2.70. The fourth-order valence-corrected chi connectivity index (χ4v) is 3.53. The van der Waals surface area contributed by atoms with Crippen molar-refractivity contribution in [3.05, 3.63) is 99.1 Å². The van der Waals surface area contributed by atoms with Crippen molar-refractivity contribution in [1.29, 1.82) is 0 Å². The minimum absolute atomic E-state index is 0.125. The monoisotopic (exact) mass is 403 g/mol. The maximum atomic E-state index is 13.0. The number of carbonyl (C=O) groups is 1. The molecule has 4 aromatic rings. The van der Waals surface area contributed by atoms with E-state index < -0.39 is 0 Å². The van der Waals surface area contributed by atoms with Crippen LogP contribution < -0.4 is 10.9 Å². The molecule has 0 aliphatic rings. The highest BCUT2D eigenvalue weighted by Crippen LogP contribution is 2.22. The van der Waals surface area contributed by atoms with Crippen LogP contribution in [0.25, 0.3) is 16.6 Å². The quantitative estimate of drug-likeness (QED) is 0.528. The molecule has 1 amide bonds. The van der Waals surface area contributed by atoms with Crippen molar-refractivity contribution in [2.75, 3.05) is 5.32 Å². The van der Waals surface area contributed by atoms with Crippen molar-refractivity contribution in [2.24, 2.45) is 0 Å². The number of benzene rings is 3. The highest BCUT2D eigenvalue weighted by atomic mass is 35.5. The molecule has 1 N–H and O–H groups in total. The number of hydrogen-bond donors (Lipinski definition) is 1. The van der Waals surface area contributed by atoms with Crippen molar-refractivity contribution in [3.8, 4) is 5.69 Å². The predicted molar refractivity (Wildman–Crippen MR) is 116 cm³/mol. The summed E-state index contributed by atoms with van der Waals surface area (Å²) in [5, 5.41) is 3.83. The summed E-state index contributed by atoms with van der Waals surface area (Å²) in [7, 11) is 0. The first kappa shape index (κ1) is 18.9. The summed E-state index contributed by atoms with van der Waals surface area (Å²) in [4.78, 5) is 30.1. The van der Waals surface area contributed by atoms with E-state index >= 15 is 0 Å². The smallest absolute Gasteiger partial charge is 0.265 e. The van der Waals surface area contributed by atoms with Crippen molar-refractivity contribution in [3.63, 3.8) is 0 Å². The van der Waals surface area contributed by atoms with E-state index in [-0.39, 0.29) is 11.5 Å². The van der Waals surface area contributed by atoms with Crippen LogP contribution >= 0.6 is 11.6 Å². The zero-order chi connectivity index (χ0) is 20.5. The van der Waals surface area contributed by atoms with E-state index in [0.29, 0.717) is 38.7 Å². The van der Waals surface area contributed by atoms with Crippen LogP contribution in [-0.2, 0) is 0 Å². The maximum Gasteiger partial charge on any atom is 0.265 e. The second-order valence-corrected chi connectivity index (χ2v) is 7.16. The Balaban J connectivity index is 1.71. The molecule has 0 fully saturated rings. The summed E-state index contributed by atoms with van der Waals surface area (Å²) in [6.07, 6.45) is 0. The predicted octanol–water partition coefficient (Wildman–Crippen LogP) is 4.91. The Kier molecular flexibility index (Phi) is 4.91. The zero-order valence-corrected chi connectivity index (χ0v) is 16.7. The summed E-state index contributed by atoms with van der Waals surface area (Å²) in [5.41, 5.74) is 3.12. The third-order valence-electron chi connectivity index (χ3n) is 4.78. The normalized spacial score (nSPS) is 10.9. The van der Waals surface area contributed by atoms with Gasteiger partial charge in [-0.25, -0.2) is 4.98 Å². The molecule has 5 nitrogen and oxygen atoms in total. The Morgan fingerprint density at radius 2 is 1.72 bits per heavy atom. The van der Waals surface area contributed by atoms with E-state index in [1.54, 1.807) is 54.0 Å². The molecule has 0 spiro atoms. The highest BCUT2D eigenvalue weighted by Gasteiger charge is 2.13. The van der Waals surface area contributed by atoms with Crippen LogP contribution in [0.1, 0.15) is 21.7 Å². The summed E-state index contributed by atoms with van der Waals surface area (Å²) >= 11 is 6.11. The Labute approximate surface area is 172 Å². The Morgan fingerprint density at radius 3 is 2.48 bits per heavy atom. The number of aromatic nitrogens is 2. The number of amides is 1. The number of hydrogen-bond acceptors (Lipinski definition) is 3. The summed E-state index contributed by atoms with van der Waals surface area (Å²) in [5.74, 6) is 0.313.